The van der Waals surface area contributed by atoms with Gasteiger partial charge in [-0.2, -0.15) is 0 Å². The van der Waals surface area contributed by atoms with Crippen molar-refractivity contribution in [2.75, 3.05) is 19.6 Å². The normalized spacial score (nSPS) is 11.3. The Morgan fingerprint density at radius 2 is 1.85 bits per heavy atom. The van der Waals surface area contributed by atoms with Gasteiger partial charge in [0.1, 0.15) is 12.6 Å². The number of carbonyl (C=O) groups excluding carboxylic acids is 3. The van der Waals surface area contributed by atoms with Crippen molar-refractivity contribution in [3.05, 3.63) is 0 Å². The number of likely N-dealkylation sites (N-methyl/N-ethyl adjacent to an activating group) is 2. The Labute approximate surface area is 116 Å². The molecule has 0 radical (unpaired) electrons. The summed E-state index contributed by atoms with van der Waals surface area (Å²) in [6, 6.07) is -2.16. The third-order valence-electron chi connectivity index (χ3n) is 2.38. The number of primary amides is 1. The Balaban J connectivity index is 4.62. The van der Waals surface area contributed by atoms with Crippen LogP contribution in [0.4, 0.5) is 4.79 Å². The average molecular weight is 288 g/mol. The first kappa shape index (κ1) is 17.7. The van der Waals surface area contributed by atoms with E-state index in [1.807, 2.05) is 0 Å². The maximum atomic E-state index is 11.8. The Morgan fingerprint density at radius 1 is 1.25 bits per heavy atom. The number of carboxylic acid groups (broad SMARTS) is 1. The van der Waals surface area contributed by atoms with E-state index in [1.165, 1.54) is 0 Å². The van der Waals surface area contributed by atoms with Crippen LogP contribution in [0, 0.1) is 0 Å². The zero-order valence-electron chi connectivity index (χ0n) is 11.5. The molecule has 0 fully saturated rings. The Morgan fingerprint density at radius 3 is 2.25 bits per heavy atom. The largest absolute Gasteiger partial charge is 0.480 e. The van der Waals surface area contributed by atoms with Crippen molar-refractivity contribution >= 4 is 23.8 Å². The number of amides is 4. The number of nitrogens with zero attached hydrogens (tertiary/aromatic N) is 1. The van der Waals surface area contributed by atoms with Gasteiger partial charge < -0.3 is 26.4 Å². The summed E-state index contributed by atoms with van der Waals surface area (Å²) in [5.41, 5.74) is 4.90. The molecule has 0 aromatic rings. The highest BCUT2D eigenvalue weighted by atomic mass is 16.4. The molecule has 0 aromatic carbocycles. The first-order valence-electron chi connectivity index (χ1n) is 6.15. The van der Waals surface area contributed by atoms with Crippen LogP contribution in [-0.4, -0.2) is 59.5 Å². The zero-order valence-corrected chi connectivity index (χ0v) is 11.5. The molecule has 114 valence electrons. The van der Waals surface area contributed by atoms with Crippen LogP contribution < -0.4 is 16.4 Å². The van der Waals surface area contributed by atoms with E-state index in [0.717, 1.165) is 4.90 Å². The van der Waals surface area contributed by atoms with Crippen LogP contribution in [0.25, 0.3) is 0 Å². The van der Waals surface area contributed by atoms with E-state index in [-0.39, 0.29) is 19.0 Å². The van der Waals surface area contributed by atoms with Crippen molar-refractivity contribution < 1.29 is 24.3 Å². The lowest BCUT2D eigenvalue weighted by Gasteiger charge is -2.23. The molecule has 0 aliphatic carbocycles. The summed E-state index contributed by atoms with van der Waals surface area (Å²) in [5.74, 6) is -2.57. The highest BCUT2D eigenvalue weighted by Crippen LogP contribution is 1.96. The van der Waals surface area contributed by atoms with Crippen molar-refractivity contribution in [2.24, 2.45) is 5.73 Å². The monoisotopic (exact) mass is 288 g/mol. The molecule has 20 heavy (non-hydrogen) atoms. The van der Waals surface area contributed by atoms with Gasteiger partial charge in [0.2, 0.25) is 11.8 Å². The third kappa shape index (κ3) is 6.57. The molecule has 0 heterocycles. The fourth-order valence-corrected chi connectivity index (χ4v) is 1.40. The molecule has 0 aliphatic heterocycles. The van der Waals surface area contributed by atoms with E-state index in [2.05, 4.69) is 10.6 Å². The van der Waals surface area contributed by atoms with Crippen LogP contribution in [0.3, 0.4) is 0 Å². The van der Waals surface area contributed by atoms with Gasteiger partial charge in [-0.05, 0) is 13.8 Å². The Hall–Kier alpha value is -2.32. The van der Waals surface area contributed by atoms with E-state index >= 15 is 0 Å². The maximum Gasteiger partial charge on any atom is 0.326 e. The molecular weight excluding hydrogens is 268 g/mol. The molecule has 0 rings (SSSR count). The Kier molecular flexibility index (Phi) is 7.71. The number of hydrogen-bond donors (Lipinski definition) is 4. The maximum absolute atomic E-state index is 11.8. The summed E-state index contributed by atoms with van der Waals surface area (Å²) < 4.78 is 0. The number of carbonyl (C=O) groups is 4. The second-order valence-corrected chi connectivity index (χ2v) is 3.98. The summed E-state index contributed by atoms with van der Waals surface area (Å²) in [6.45, 7) is 3.83. The van der Waals surface area contributed by atoms with Gasteiger partial charge in [-0.15, -0.1) is 0 Å². The van der Waals surface area contributed by atoms with Crippen LogP contribution in [-0.2, 0) is 14.4 Å². The lowest BCUT2D eigenvalue weighted by atomic mass is 10.2. The summed E-state index contributed by atoms with van der Waals surface area (Å²) >= 11 is 0. The minimum Gasteiger partial charge on any atom is -0.480 e. The van der Waals surface area contributed by atoms with E-state index < -0.39 is 30.4 Å². The SMILES string of the molecule is CCNC(=O)CN(CC)C(=O)NC(CC(N)=O)C(=O)O. The van der Waals surface area contributed by atoms with Gasteiger partial charge >= 0.3 is 12.0 Å². The van der Waals surface area contributed by atoms with Crippen LogP contribution in [0.1, 0.15) is 20.3 Å². The standard InChI is InChI=1S/C11H20N4O5/c1-3-13-9(17)6-15(4-2)11(20)14-7(10(18)19)5-8(12)16/h7H,3-6H2,1-2H3,(H2,12,16)(H,13,17)(H,14,20)(H,18,19). The van der Waals surface area contributed by atoms with Gasteiger partial charge in [0.15, 0.2) is 0 Å². The second-order valence-electron chi connectivity index (χ2n) is 3.98. The first-order chi connectivity index (χ1) is 9.31. The zero-order chi connectivity index (χ0) is 15.7. The highest BCUT2D eigenvalue weighted by molar-refractivity contribution is 5.89. The van der Waals surface area contributed by atoms with E-state index in [1.54, 1.807) is 13.8 Å². The van der Waals surface area contributed by atoms with E-state index in [9.17, 15) is 19.2 Å². The number of rotatable bonds is 8. The number of urea groups is 1. The van der Waals surface area contributed by atoms with Crippen molar-refractivity contribution in [2.45, 2.75) is 26.3 Å². The van der Waals surface area contributed by atoms with Gasteiger partial charge in [-0.25, -0.2) is 9.59 Å². The molecule has 1 unspecified atom stereocenters. The minimum atomic E-state index is -1.41. The highest BCUT2D eigenvalue weighted by Gasteiger charge is 2.25. The second kappa shape index (κ2) is 8.73. The molecule has 0 saturated heterocycles. The predicted molar refractivity (Wildman–Crippen MR) is 69.7 cm³/mol. The Bertz CT molecular complexity index is 385. The van der Waals surface area contributed by atoms with Gasteiger partial charge in [0.25, 0.3) is 0 Å². The molecule has 9 nitrogen and oxygen atoms in total. The van der Waals surface area contributed by atoms with Crippen LogP contribution in [0.15, 0.2) is 0 Å². The lowest BCUT2D eigenvalue weighted by molar-refractivity contribution is -0.140. The molecule has 0 aliphatic rings. The number of aliphatic carboxylic acids is 1. The van der Waals surface area contributed by atoms with Crippen molar-refractivity contribution in [3.8, 4) is 0 Å². The molecule has 0 spiro atoms. The molecule has 9 heteroatoms. The first-order valence-corrected chi connectivity index (χ1v) is 6.15. The summed E-state index contributed by atoms with van der Waals surface area (Å²) in [4.78, 5) is 46.0. The van der Waals surface area contributed by atoms with Gasteiger partial charge in [0.05, 0.1) is 6.42 Å². The lowest BCUT2D eigenvalue weighted by Crippen LogP contribution is -2.51. The van der Waals surface area contributed by atoms with Gasteiger partial charge in [-0.1, -0.05) is 0 Å². The van der Waals surface area contributed by atoms with Crippen LogP contribution in [0.5, 0.6) is 0 Å². The number of nitrogens with one attached hydrogen (secondary N) is 2. The van der Waals surface area contributed by atoms with Gasteiger partial charge in [0, 0.05) is 13.1 Å². The third-order valence-corrected chi connectivity index (χ3v) is 2.38. The predicted octanol–water partition coefficient (Wildman–Crippen LogP) is -1.52. The molecule has 0 saturated carbocycles. The van der Waals surface area contributed by atoms with E-state index in [4.69, 9.17) is 10.8 Å². The van der Waals surface area contributed by atoms with E-state index in [0.29, 0.717) is 6.54 Å². The molecular formula is C11H20N4O5. The number of carboxylic acids is 1. The average Bonchev–Trinajstić information content (AvgIpc) is 2.34. The number of hydrogen-bond acceptors (Lipinski definition) is 4. The van der Waals surface area contributed by atoms with Crippen molar-refractivity contribution in [1.29, 1.82) is 0 Å². The molecule has 5 N–H and O–H groups in total. The van der Waals surface area contributed by atoms with Crippen LogP contribution in [0.2, 0.25) is 0 Å². The molecule has 0 aromatic heterocycles. The summed E-state index contributed by atoms with van der Waals surface area (Å²) in [7, 11) is 0. The smallest absolute Gasteiger partial charge is 0.326 e. The summed E-state index contributed by atoms with van der Waals surface area (Å²) in [5, 5.41) is 13.5. The van der Waals surface area contributed by atoms with Gasteiger partial charge in [-0.3, -0.25) is 9.59 Å². The quantitative estimate of drug-likeness (QED) is 0.429. The fraction of sp³-hybridized carbons (Fsp3) is 0.636. The molecule has 4 amide bonds. The van der Waals surface area contributed by atoms with Crippen molar-refractivity contribution in [3.63, 3.8) is 0 Å². The molecule has 0 bridgehead atoms. The molecule has 1 atom stereocenters. The number of nitrogens with two attached hydrogens (primary N) is 1. The fourth-order valence-electron chi connectivity index (χ4n) is 1.40. The minimum absolute atomic E-state index is 0.195. The summed E-state index contributed by atoms with van der Waals surface area (Å²) in [6.07, 6.45) is -0.514. The van der Waals surface area contributed by atoms with Crippen molar-refractivity contribution in [1.82, 2.24) is 15.5 Å². The topological polar surface area (TPSA) is 142 Å². The van der Waals surface area contributed by atoms with Crippen LogP contribution >= 0.6 is 0 Å².